The second-order valence-corrected chi connectivity index (χ2v) is 8.15. The molecule has 35 heavy (non-hydrogen) atoms. The highest BCUT2D eigenvalue weighted by molar-refractivity contribution is 6.54. The summed E-state index contributed by atoms with van der Waals surface area (Å²) < 4.78 is 67.1. The Kier molecular flexibility index (Phi) is 7.66. The Bertz CT molecular complexity index is 1070. The minimum absolute atomic E-state index is 0.101. The lowest BCUT2D eigenvalue weighted by Gasteiger charge is -2.43. The van der Waals surface area contributed by atoms with Crippen molar-refractivity contribution in [3.8, 4) is 0 Å². The SMILES string of the molecule is CN/C=C(\C(=N)C(=O)N1CC(F)(F)CC(C)C1CNc1ncc(C(F)(F)F)cn1)c1ccccn1. The standard InChI is InChI=1S/C22H24F5N7O/c1-13-7-21(23,24)12-34(17(13)11-33-20-31-8-14(9-32-20)22(25,26)27)19(35)18(28)15(10-29-2)16-5-3-4-6-30-16/h3-6,8-10,13,17,28-29H,7,11-12H2,1-2H3,(H,31,32,33)/b15-10-,28-18?. The molecule has 3 heterocycles. The molecule has 0 aromatic carbocycles. The number of likely N-dealkylation sites (tertiary alicyclic amines) is 1. The van der Waals surface area contributed by atoms with Crippen molar-refractivity contribution < 1.29 is 26.7 Å². The first-order valence-corrected chi connectivity index (χ1v) is 10.6. The van der Waals surface area contributed by atoms with Crippen molar-refractivity contribution in [1.29, 1.82) is 5.41 Å². The molecule has 0 radical (unpaired) electrons. The second kappa shape index (κ2) is 10.3. The van der Waals surface area contributed by atoms with Crippen molar-refractivity contribution in [1.82, 2.24) is 25.2 Å². The highest BCUT2D eigenvalue weighted by Crippen LogP contribution is 2.35. The van der Waals surface area contributed by atoms with Crippen LogP contribution in [0.3, 0.4) is 0 Å². The van der Waals surface area contributed by atoms with Crippen molar-refractivity contribution in [3.63, 3.8) is 0 Å². The number of amides is 1. The van der Waals surface area contributed by atoms with Crippen LogP contribution in [0.25, 0.3) is 5.57 Å². The van der Waals surface area contributed by atoms with Crippen LogP contribution in [0, 0.1) is 11.3 Å². The topological polar surface area (TPSA) is 107 Å². The Labute approximate surface area is 198 Å². The van der Waals surface area contributed by atoms with E-state index in [0.29, 0.717) is 18.1 Å². The van der Waals surface area contributed by atoms with E-state index in [-0.39, 0.29) is 18.1 Å². The molecule has 1 aliphatic rings. The van der Waals surface area contributed by atoms with Crippen LogP contribution >= 0.6 is 0 Å². The van der Waals surface area contributed by atoms with Gasteiger partial charge in [0.25, 0.3) is 11.8 Å². The first-order valence-electron chi connectivity index (χ1n) is 10.6. The molecule has 0 aliphatic carbocycles. The number of halogens is 5. The molecule has 13 heteroatoms. The van der Waals surface area contributed by atoms with E-state index in [4.69, 9.17) is 5.41 Å². The lowest BCUT2D eigenvalue weighted by atomic mass is 9.87. The highest BCUT2D eigenvalue weighted by atomic mass is 19.4. The van der Waals surface area contributed by atoms with Gasteiger partial charge in [0.05, 0.1) is 23.8 Å². The molecule has 1 aliphatic heterocycles. The normalized spacial score (nSPS) is 20.3. The summed E-state index contributed by atoms with van der Waals surface area (Å²) in [7, 11) is 1.56. The fourth-order valence-corrected chi connectivity index (χ4v) is 3.84. The summed E-state index contributed by atoms with van der Waals surface area (Å²) >= 11 is 0. The van der Waals surface area contributed by atoms with E-state index in [9.17, 15) is 26.7 Å². The molecule has 2 atom stereocenters. The summed E-state index contributed by atoms with van der Waals surface area (Å²) in [5, 5.41) is 13.9. The Balaban J connectivity index is 1.83. The number of anilines is 1. The highest BCUT2D eigenvalue weighted by Gasteiger charge is 2.47. The fraction of sp³-hybridized carbons (Fsp3) is 0.409. The average Bonchev–Trinajstić information content (AvgIpc) is 2.80. The Morgan fingerprint density at radius 2 is 1.94 bits per heavy atom. The maximum Gasteiger partial charge on any atom is 0.419 e. The van der Waals surface area contributed by atoms with Gasteiger partial charge in [0.2, 0.25) is 5.95 Å². The molecule has 1 fully saturated rings. The van der Waals surface area contributed by atoms with Crippen molar-refractivity contribution in [2.24, 2.45) is 5.92 Å². The van der Waals surface area contributed by atoms with Gasteiger partial charge < -0.3 is 15.5 Å². The van der Waals surface area contributed by atoms with Gasteiger partial charge in [-0.3, -0.25) is 15.2 Å². The van der Waals surface area contributed by atoms with Crippen LogP contribution in [0.15, 0.2) is 43.0 Å². The summed E-state index contributed by atoms with van der Waals surface area (Å²) in [6, 6.07) is 4.11. The number of aromatic nitrogens is 3. The van der Waals surface area contributed by atoms with Crippen LogP contribution in [-0.4, -0.2) is 63.6 Å². The number of hydrogen-bond acceptors (Lipinski definition) is 7. The number of nitrogens with one attached hydrogen (secondary N) is 3. The van der Waals surface area contributed by atoms with Crippen molar-refractivity contribution in [2.75, 3.05) is 25.5 Å². The van der Waals surface area contributed by atoms with Crippen LogP contribution in [0.1, 0.15) is 24.6 Å². The Morgan fingerprint density at radius 1 is 1.26 bits per heavy atom. The average molecular weight is 497 g/mol. The van der Waals surface area contributed by atoms with E-state index in [0.717, 1.165) is 4.90 Å². The Hall–Kier alpha value is -3.64. The zero-order chi connectivity index (χ0) is 25.8. The molecular formula is C22H24F5N7O. The molecule has 0 bridgehead atoms. The van der Waals surface area contributed by atoms with Gasteiger partial charge in [-0.1, -0.05) is 13.0 Å². The van der Waals surface area contributed by atoms with Crippen LogP contribution in [0.4, 0.5) is 27.9 Å². The summed E-state index contributed by atoms with van der Waals surface area (Å²) in [4.78, 5) is 25.6. The van der Waals surface area contributed by atoms with Gasteiger partial charge in [0.15, 0.2) is 0 Å². The Morgan fingerprint density at radius 3 is 2.51 bits per heavy atom. The number of carbonyl (C=O) groups excluding carboxylic acids is 1. The van der Waals surface area contributed by atoms with Gasteiger partial charge in [-0.05, 0) is 18.1 Å². The molecule has 3 N–H and O–H groups in total. The molecule has 3 rings (SSSR count). The van der Waals surface area contributed by atoms with E-state index in [1.54, 1.807) is 32.2 Å². The third-order valence-electron chi connectivity index (χ3n) is 5.50. The minimum Gasteiger partial charge on any atom is -0.393 e. The smallest absolute Gasteiger partial charge is 0.393 e. The third kappa shape index (κ3) is 6.28. The van der Waals surface area contributed by atoms with Gasteiger partial charge in [0.1, 0.15) is 5.71 Å². The number of nitrogens with zero attached hydrogens (tertiary/aromatic N) is 4. The summed E-state index contributed by atoms with van der Waals surface area (Å²) in [6.45, 7) is 0.532. The van der Waals surface area contributed by atoms with E-state index >= 15 is 0 Å². The van der Waals surface area contributed by atoms with Crippen molar-refractivity contribution in [3.05, 3.63) is 54.2 Å². The van der Waals surface area contributed by atoms with Gasteiger partial charge in [-0.25, -0.2) is 18.7 Å². The second-order valence-electron chi connectivity index (χ2n) is 8.15. The van der Waals surface area contributed by atoms with Gasteiger partial charge in [0, 0.05) is 50.4 Å². The van der Waals surface area contributed by atoms with Gasteiger partial charge >= 0.3 is 6.18 Å². The molecule has 1 amide bonds. The molecule has 2 aromatic heterocycles. The number of pyridine rings is 1. The van der Waals surface area contributed by atoms with Crippen molar-refractivity contribution in [2.45, 2.75) is 31.5 Å². The predicted molar refractivity (Wildman–Crippen MR) is 119 cm³/mol. The number of hydrogen-bond donors (Lipinski definition) is 3. The lowest BCUT2D eigenvalue weighted by Crippen LogP contribution is -2.59. The molecule has 1 saturated heterocycles. The van der Waals surface area contributed by atoms with E-state index in [1.807, 2.05) is 0 Å². The van der Waals surface area contributed by atoms with Crippen LogP contribution in [-0.2, 0) is 11.0 Å². The van der Waals surface area contributed by atoms with E-state index < -0.39 is 54.2 Å². The molecule has 2 unspecified atom stereocenters. The van der Waals surface area contributed by atoms with Crippen LogP contribution in [0.5, 0.6) is 0 Å². The number of carbonyl (C=O) groups is 1. The molecule has 2 aromatic rings. The molecule has 8 nitrogen and oxygen atoms in total. The summed E-state index contributed by atoms with van der Waals surface area (Å²) in [5.74, 6) is -4.93. The first-order chi connectivity index (χ1) is 16.4. The molecule has 0 spiro atoms. The van der Waals surface area contributed by atoms with E-state index in [2.05, 4.69) is 25.6 Å². The van der Waals surface area contributed by atoms with Crippen LogP contribution < -0.4 is 10.6 Å². The van der Waals surface area contributed by atoms with Gasteiger partial charge in [-0.2, -0.15) is 13.2 Å². The maximum absolute atomic E-state index is 14.4. The van der Waals surface area contributed by atoms with E-state index in [1.165, 1.54) is 12.4 Å². The zero-order valence-electron chi connectivity index (χ0n) is 18.9. The lowest BCUT2D eigenvalue weighted by molar-refractivity contribution is -0.145. The monoisotopic (exact) mass is 497 g/mol. The fourth-order valence-electron chi connectivity index (χ4n) is 3.84. The minimum atomic E-state index is -4.60. The largest absolute Gasteiger partial charge is 0.419 e. The predicted octanol–water partition coefficient (Wildman–Crippen LogP) is 3.45. The number of piperidine rings is 1. The third-order valence-corrected chi connectivity index (χ3v) is 5.50. The first kappa shape index (κ1) is 26.0. The quantitative estimate of drug-likeness (QED) is 0.400. The summed E-state index contributed by atoms with van der Waals surface area (Å²) in [5.41, 5.74) is -1.13. The summed E-state index contributed by atoms with van der Waals surface area (Å²) in [6.07, 6.45) is -1.02. The van der Waals surface area contributed by atoms with Crippen LogP contribution in [0.2, 0.25) is 0 Å². The van der Waals surface area contributed by atoms with Gasteiger partial charge in [-0.15, -0.1) is 0 Å². The molecule has 0 saturated carbocycles. The maximum atomic E-state index is 14.4. The zero-order valence-corrected chi connectivity index (χ0v) is 18.9. The molecule has 188 valence electrons. The molecular weight excluding hydrogens is 473 g/mol. The van der Waals surface area contributed by atoms with Crippen molar-refractivity contribution >= 4 is 23.1 Å². The number of rotatable bonds is 7. The number of alkyl halides is 5.